The summed E-state index contributed by atoms with van der Waals surface area (Å²) in [5.74, 6) is -3.32. The molecule has 33 heavy (non-hydrogen) atoms. The number of ether oxygens (including phenoxy) is 5. The zero-order chi connectivity index (χ0) is 24.5. The van der Waals surface area contributed by atoms with Crippen molar-refractivity contribution in [3.8, 4) is 0 Å². The maximum Gasteiger partial charge on any atom is 0.312 e. The molecular formula is C22H27NO10. The summed E-state index contributed by atoms with van der Waals surface area (Å²) in [4.78, 5) is 59.3. The fraction of sp³-hybridized carbons (Fsp3) is 0.500. The van der Waals surface area contributed by atoms with Crippen molar-refractivity contribution in [2.75, 3.05) is 6.61 Å². The number of hydrogen-bond acceptors (Lipinski definition) is 10. The summed E-state index contributed by atoms with van der Waals surface area (Å²) >= 11 is 0. The van der Waals surface area contributed by atoms with E-state index in [1.54, 1.807) is 30.3 Å². The average Bonchev–Trinajstić information content (AvgIpc) is 2.70. The molecule has 11 nitrogen and oxygen atoms in total. The maximum atomic E-state index is 12.6. The summed E-state index contributed by atoms with van der Waals surface area (Å²) in [7, 11) is 0. The van der Waals surface area contributed by atoms with E-state index < -0.39 is 60.4 Å². The Labute approximate surface area is 190 Å². The molecule has 1 heterocycles. The van der Waals surface area contributed by atoms with Crippen LogP contribution in [0.3, 0.4) is 0 Å². The number of carbonyl (C=O) groups is 5. The Hall–Kier alpha value is -3.47. The van der Waals surface area contributed by atoms with E-state index in [1.165, 1.54) is 13.8 Å². The zero-order valence-electron chi connectivity index (χ0n) is 18.8. The van der Waals surface area contributed by atoms with Gasteiger partial charge in [0.1, 0.15) is 18.8 Å². The standard InChI is InChI=1S/C22H27NO10/c1-12(24)23-19-21(31-15(4)27)20(30-14(3)26)17(11-29-13(2)25)32-22(19)33-18(28)10-16-8-6-5-7-9-16/h5-9,17,19-22H,10-11H2,1-4H3,(H,23,24)/t17-,19+,20+,21+,22+/m0/s1. The summed E-state index contributed by atoms with van der Waals surface area (Å²) in [6.07, 6.45) is -5.22. The minimum Gasteiger partial charge on any atom is -0.463 e. The van der Waals surface area contributed by atoms with Gasteiger partial charge in [0.2, 0.25) is 12.2 Å². The van der Waals surface area contributed by atoms with Gasteiger partial charge in [0.05, 0.1) is 6.42 Å². The van der Waals surface area contributed by atoms with Crippen molar-refractivity contribution < 1.29 is 47.7 Å². The highest BCUT2D eigenvalue weighted by Gasteiger charge is 2.52. The highest BCUT2D eigenvalue weighted by molar-refractivity contribution is 5.75. The van der Waals surface area contributed by atoms with Crippen LogP contribution in [0.5, 0.6) is 0 Å². The number of hydrogen-bond donors (Lipinski definition) is 1. The minimum absolute atomic E-state index is 0.0896. The minimum atomic E-state index is -1.43. The summed E-state index contributed by atoms with van der Waals surface area (Å²) in [6.45, 7) is 4.25. The van der Waals surface area contributed by atoms with Crippen LogP contribution in [0.2, 0.25) is 0 Å². The van der Waals surface area contributed by atoms with Crippen LogP contribution in [0.4, 0.5) is 0 Å². The number of benzene rings is 1. The van der Waals surface area contributed by atoms with E-state index in [1.807, 2.05) is 0 Å². The number of amides is 1. The summed E-state index contributed by atoms with van der Waals surface area (Å²) in [5.41, 5.74) is 0.681. The van der Waals surface area contributed by atoms with Crippen molar-refractivity contribution in [2.45, 2.75) is 64.8 Å². The van der Waals surface area contributed by atoms with Crippen molar-refractivity contribution in [3.05, 3.63) is 35.9 Å². The molecule has 0 aliphatic carbocycles. The molecule has 1 amide bonds. The van der Waals surface area contributed by atoms with Crippen LogP contribution < -0.4 is 5.32 Å². The number of esters is 4. The first-order chi connectivity index (χ1) is 15.6. The van der Waals surface area contributed by atoms with Gasteiger partial charge in [0, 0.05) is 27.7 Å². The molecule has 180 valence electrons. The lowest BCUT2D eigenvalue weighted by Crippen LogP contribution is -2.66. The van der Waals surface area contributed by atoms with E-state index in [-0.39, 0.29) is 13.0 Å². The Kier molecular flexibility index (Phi) is 9.34. The van der Waals surface area contributed by atoms with Gasteiger partial charge in [-0.05, 0) is 5.56 Å². The van der Waals surface area contributed by atoms with Gasteiger partial charge in [-0.2, -0.15) is 0 Å². The summed E-state index contributed by atoms with van der Waals surface area (Å²) in [6, 6.07) is 7.57. The van der Waals surface area contributed by atoms with E-state index in [4.69, 9.17) is 23.7 Å². The Morgan fingerprint density at radius 3 is 2.00 bits per heavy atom. The second-order valence-corrected chi connectivity index (χ2v) is 7.37. The van der Waals surface area contributed by atoms with Crippen LogP contribution in [0, 0.1) is 0 Å². The molecule has 1 N–H and O–H groups in total. The van der Waals surface area contributed by atoms with E-state index in [2.05, 4.69) is 5.32 Å². The molecular weight excluding hydrogens is 438 g/mol. The van der Waals surface area contributed by atoms with Crippen molar-refractivity contribution in [3.63, 3.8) is 0 Å². The largest absolute Gasteiger partial charge is 0.463 e. The molecule has 5 atom stereocenters. The first kappa shape index (κ1) is 25.8. The molecule has 1 aromatic rings. The molecule has 0 spiro atoms. The lowest BCUT2D eigenvalue weighted by molar-refractivity contribution is -0.271. The first-order valence-corrected chi connectivity index (χ1v) is 10.2. The molecule has 1 aliphatic heterocycles. The molecule has 1 aromatic carbocycles. The van der Waals surface area contributed by atoms with Gasteiger partial charge in [-0.25, -0.2) is 0 Å². The summed E-state index contributed by atoms with van der Waals surface area (Å²) in [5, 5.41) is 2.53. The zero-order valence-corrected chi connectivity index (χ0v) is 18.8. The van der Waals surface area contributed by atoms with Crippen LogP contribution >= 0.6 is 0 Å². The van der Waals surface area contributed by atoms with Gasteiger partial charge in [0.25, 0.3) is 0 Å². The average molecular weight is 465 g/mol. The van der Waals surface area contributed by atoms with Gasteiger partial charge in [-0.1, -0.05) is 30.3 Å². The second kappa shape index (κ2) is 12.0. The van der Waals surface area contributed by atoms with Crippen molar-refractivity contribution in [2.24, 2.45) is 0 Å². The lowest BCUT2D eigenvalue weighted by Gasteiger charge is -2.44. The third-order valence-corrected chi connectivity index (χ3v) is 4.51. The molecule has 0 radical (unpaired) electrons. The van der Waals surface area contributed by atoms with E-state index in [0.29, 0.717) is 5.56 Å². The predicted molar refractivity (Wildman–Crippen MR) is 110 cm³/mol. The molecule has 0 saturated carbocycles. The Balaban J connectivity index is 2.35. The monoisotopic (exact) mass is 465 g/mol. The fourth-order valence-corrected chi connectivity index (χ4v) is 3.33. The quantitative estimate of drug-likeness (QED) is 0.424. The van der Waals surface area contributed by atoms with Gasteiger partial charge in [-0.3, -0.25) is 24.0 Å². The van der Waals surface area contributed by atoms with E-state index >= 15 is 0 Å². The molecule has 2 rings (SSSR count). The van der Waals surface area contributed by atoms with Crippen molar-refractivity contribution in [1.82, 2.24) is 5.32 Å². The number of rotatable bonds is 8. The van der Waals surface area contributed by atoms with Gasteiger partial charge in [0.15, 0.2) is 12.2 Å². The Bertz CT molecular complexity index is 871. The SMILES string of the molecule is CC(=O)N[C@H]1[C@@H](OC(=O)Cc2ccccc2)O[C@@H](COC(C)=O)[C@@H](OC(C)=O)[C@@H]1OC(C)=O. The van der Waals surface area contributed by atoms with Gasteiger partial charge < -0.3 is 29.0 Å². The number of carbonyl (C=O) groups excluding carboxylic acids is 5. The third-order valence-electron chi connectivity index (χ3n) is 4.51. The van der Waals surface area contributed by atoms with Crippen LogP contribution in [-0.4, -0.2) is 67.0 Å². The van der Waals surface area contributed by atoms with Crippen molar-refractivity contribution >= 4 is 29.8 Å². The van der Waals surface area contributed by atoms with Gasteiger partial charge >= 0.3 is 23.9 Å². The molecule has 1 saturated heterocycles. The highest BCUT2D eigenvalue weighted by atomic mass is 16.7. The Morgan fingerprint density at radius 2 is 1.45 bits per heavy atom. The first-order valence-electron chi connectivity index (χ1n) is 10.2. The maximum absolute atomic E-state index is 12.6. The number of nitrogens with one attached hydrogen (secondary N) is 1. The van der Waals surface area contributed by atoms with E-state index in [9.17, 15) is 24.0 Å². The molecule has 0 aromatic heterocycles. The van der Waals surface area contributed by atoms with Crippen LogP contribution in [-0.2, 0) is 54.1 Å². The molecule has 11 heteroatoms. The fourth-order valence-electron chi connectivity index (χ4n) is 3.33. The normalized spacial score (nSPS) is 24.2. The molecule has 0 bridgehead atoms. The summed E-state index contributed by atoms with van der Waals surface area (Å²) < 4.78 is 26.9. The van der Waals surface area contributed by atoms with Crippen LogP contribution in [0.1, 0.15) is 33.3 Å². The lowest BCUT2D eigenvalue weighted by atomic mass is 9.96. The Morgan fingerprint density at radius 1 is 0.848 bits per heavy atom. The topological polar surface area (TPSA) is 144 Å². The molecule has 1 aliphatic rings. The third kappa shape index (κ3) is 8.19. The second-order valence-electron chi connectivity index (χ2n) is 7.37. The van der Waals surface area contributed by atoms with E-state index in [0.717, 1.165) is 13.8 Å². The highest BCUT2D eigenvalue weighted by Crippen LogP contribution is 2.28. The van der Waals surface area contributed by atoms with Crippen molar-refractivity contribution in [1.29, 1.82) is 0 Å². The van der Waals surface area contributed by atoms with Crippen LogP contribution in [0.25, 0.3) is 0 Å². The van der Waals surface area contributed by atoms with Crippen LogP contribution in [0.15, 0.2) is 30.3 Å². The molecule has 0 unspecified atom stereocenters. The predicted octanol–water partition coefficient (Wildman–Crippen LogP) is 0.428. The molecule has 1 fully saturated rings. The smallest absolute Gasteiger partial charge is 0.312 e. The van der Waals surface area contributed by atoms with Gasteiger partial charge in [-0.15, -0.1) is 0 Å².